The lowest BCUT2D eigenvalue weighted by Crippen LogP contribution is -2.46. The predicted octanol–water partition coefficient (Wildman–Crippen LogP) is 2.53. The summed E-state index contributed by atoms with van der Waals surface area (Å²) < 4.78 is 0. The smallest absolute Gasteiger partial charge is 0.131 e. The van der Waals surface area contributed by atoms with E-state index in [0.717, 1.165) is 44.0 Å². The summed E-state index contributed by atoms with van der Waals surface area (Å²) in [6.45, 7) is 9.32. The Bertz CT molecular complexity index is 398. The molecule has 17 heavy (non-hydrogen) atoms. The number of aryl methyl sites for hydroxylation is 1. The Morgan fingerprint density at radius 2 is 1.94 bits per heavy atom. The van der Waals surface area contributed by atoms with E-state index >= 15 is 0 Å². The molecule has 1 aliphatic heterocycles. The number of rotatable bonds is 3. The van der Waals surface area contributed by atoms with Crippen LogP contribution in [0, 0.1) is 11.8 Å². The van der Waals surface area contributed by atoms with E-state index in [2.05, 4.69) is 21.9 Å². The van der Waals surface area contributed by atoms with Crippen LogP contribution in [-0.4, -0.2) is 37.6 Å². The molecule has 0 atom stereocenters. The van der Waals surface area contributed by atoms with Gasteiger partial charge in [-0.1, -0.05) is 13.0 Å². The van der Waals surface area contributed by atoms with E-state index in [1.54, 1.807) is 0 Å². The minimum absolute atomic E-state index is 0.565. The summed E-state index contributed by atoms with van der Waals surface area (Å²) in [6.07, 6.45) is 0. The lowest BCUT2D eigenvalue weighted by molar-refractivity contribution is 0.271. The number of nitroso groups, excluding NO2 is 1. The third-order valence-electron chi connectivity index (χ3n) is 3.39. The Labute approximate surface area is 102 Å². The van der Waals surface area contributed by atoms with Crippen LogP contribution >= 0.6 is 0 Å². The lowest BCUT2D eigenvalue weighted by atomic mass is 10.1. The Morgan fingerprint density at radius 1 is 1.24 bits per heavy atom. The number of benzene rings is 1. The molecular weight excluding hydrogens is 214 g/mol. The van der Waals surface area contributed by atoms with Crippen molar-refractivity contribution in [2.24, 2.45) is 5.18 Å². The Balaban J connectivity index is 2.15. The van der Waals surface area contributed by atoms with Gasteiger partial charge in [-0.2, -0.15) is 0 Å². The van der Waals surface area contributed by atoms with E-state index < -0.39 is 0 Å². The van der Waals surface area contributed by atoms with Gasteiger partial charge in [-0.05, 0) is 36.3 Å². The molecule has 1 aromatic carbocycles. The highest BCUT2D eigenvalue weighted by atomic mass is 16.3. The van der Waals surface area contributed by atoms with Crippen LogP contribution in [0.3, 0.4) is 0 Å². The molecule has 0 aliphatic carbocycles. The molecule has 1 saturated heterocycles. The summed E-state index contributed by atoms with van der Waals surface area (Å²) in [5.74, 6) is 0. The van der Waals surface area contributed by atoms with Crippen molar-refractivity contribution in [1.29, 1.82) is 0 Å². The molecule has 4 heteroatoms. The van der Waals surface area contributed by atoms with E-state index in [4.69, 9.17) is 0 Å². The first kappa shape index (κ1) is 12.0. The maximum atomic E-state index is 10.9. The van der Waals surface area contributed by atoms with Crippen molar-refractivity contribution in [2.75, 3.05) is 37.6 Å². The molecule has 1 fully saturated rings. The van der Waals surface area contributed by atoms with Gasteiger partial charge >= 0.3 is 0 Å². The molecular formula is C13H19N3O. The van der Waals surface area contributed by atoms with E-state index in [9.17, 15) is 4.91 Å². The molecule has 92 valence electrons. The molecule has 0 aromatic heterocycles. The Morgan fingerprint density at radius 3 is 2.53 bits per heavy atom. The van der Waals surface area contributed by atoms with Gasteiger partial charge in [0, 0.05) is 26.2 Å². The van der Waals surface area contributed by atoms with Crippen LogP contribution in [0.15, 0.2) is 23.4 Å². The van der Waals surface area contributed by atoms with Gasteiger partial charge in [0.1, 0.15) is 5.69 Å². The minimum Gasteiger partial charge on any atom is -0.367 e. The van der Waals surface area contributed by atoms with Gasteiger partial charge < -0.3 is 9.80 Å². The number of anilines is 1. The summed E-state index contributed by atoms with van der Waals surface area (Å²) in [5.41, 5.74) is 2.62. The van der Waals surface area contributed by atoms with E-state index in [0.29, 0.717) is 5.69 Å². The van der Waals surface area contributed by atoms with E-state index in [-0.39, 0.29) is 0 Å². The topological polar surface area (TPSA) is 35.9 Å². The fourth-order valence-corrected chi connectivity index (χ4v) is 2.28. The highest BCUT2D eigenvalue weighted by molar-refractivity contribution is 5.68. The first-order chi connectivity index (χ1) is 8.24. The van der Waals surface area contributed by atoms with Gasteiger partial charge in [-0.25, -0.2) is 0 Å². The van der Waals surface area contributed by atoms with Gasteiger partial charge in [-0.15, -0.1) is 4.91 Å². The van der Waals surface area contributed by atoms with Crippen LogP contribution < -0.4 is 4.90 Å². The number of piperazine rings is 1. The SMILES string of the molecule is CCN1CCN(c2ccc(C)cc2N=O)CC1. The quantitative estimate of drug-likeness (QED) is 0.753. The lowest BCUT2D eigenvalue weighted by Gasteiger charge is -2.35. The molecule has 0 radical (unpaired) electrons. The van der Waals surface area contributed by atoms with Gasteiger partial charge in [0.2, 0.25) is 0 Å². The van der Waals surface area contributed by atoms with Crippen LogP contribution in [0.4, 0.5) is 11.4 Å². The van der Waals surface area contributed by atoms with Gasteiger partial charge in [0.15, 0.2) is 0 Å². The molecule has 0 amide bonds. The number of hydrogen-bond acceptors (Lipinski definition) is 4. The third-order valence-corrected chi connectivity index (χ3v) is 3.39. The molecule has 0 N–H and O–H groups in total. The van der Waals surface area contributed by atoms with Gasteiger partial charge in [0.05, 0.1) is 5.69 Å². The van der Waals surface area contributed by atoms with Crippen molar-refractivity contribution in [3.05, 3.63) is 28.7 Å². The van der Waals surface area contributed by atoms with Gasteiger partial charge in [-0.3, -0.25) is 0 Å². The summed E-state index contributed by atoms with van der Waals surface area (Å²) in [5, 5.41) is 3.14. The summed E-state index contributed by atoms with van der Waals surface area (Å²) in [4.78, 5) is 15.5. The zero-order valence-corrected chi connectivity index (χ0v) is 10.5. The Hall–Kier alpha value is -1.42. The van der Waals surface area contributed by atoms with Crippen molar-refractivity contribution in [3.8, 4) is 0 Å². The molecule has 0 bridgehead atoms. The zero-order valence-electron chi connectivity index (χ0n) is 10.5. The normalized spacial score (nSPS) is 17.2. The standard InChI is InChI=1S/C13H19N3O/c1-3-15-6-8-16(9-7-15)13-5-4-11(2)10-12(13)14-17/h4-5,10H,3,6-9H2,1-2H3. The molecule has 1 aliphatic rings. The molecule has 0 unspecified atom stereocenters. The summed E-state index contributed by atoms with van der Waals surface area (Å²) in [6, 6.07) is 5.90. The summed E-state index contributed by atoms with van der Waals surface area (Å²) in [7, 11) is 0. The van der Waals surface area contributed by atoms with Gasteiger partial charge in [0.25, 0.3) is 0 Å². The Kier molecular flexibility index (Phi) is 3.74. The van der Waals surface area contributed by atoms with Crippen LogP contribution in [0.1, 0.15) is 12.5 Å². The molecule has 0 saturated carbocycles. The molecule has 4 nitrogen and oxygen atoms in total. The highest BCUT2D eigenvalue weighted by Crippen LogP contribution is 2.30. The number of nitrogens with zero attached hydrogens (tertiary/aromatic N) is 3. The fraction of sp³-hybridized carbons (Fsp3) is 0.538. The molecule has 1 heterocycles. The van der Waals surface area contributed by atoms with Crippen LogP contribution in [0.25, 0.3) is 0 Å². The molecule has 1 aromatic rings. The van der Waals surface area contributed by atoms with Crippen molar-refractivity contribution in [2.45, 2.75) is 13.8 Å². The maximum Gasteiger partial charge on any atom is 0.131 e. The molecule has 2 rings (SSSR count). The minimum atomic E-state index is 0.565. The number of hydrogen-bond donors (Lipinski definition) is 0. The fourth-order valence-electron chi connectivity index (χ4n) is 2.28. The second-order valence-electron chi connectivity index (χ2n) is 4.50. The second-order valence-corrected chi connectivity index (χ2v) is 4.50. The van der Waals surface area contributed by atoms with Crippen molar-refractivity contribution in [1.82, 2.24) is 4.90 Å². The average molecular weight is 233 g/mol. The van der Waals surface area contributed by atoms with Crippen LogP contribution in [-0.2, 0) is 0 Å². The first-order valence-corrected chi connectivity index (χ1v) is 6.16. The number of likely N-dealkylation sites (N-methyl/N-ethyl adjacent to an activating group) is 1. The highest BCUT2D eigenvalue weighted by Gasteiger charge is 2.18. The summed E-state index contributed by atoms with van der Waals surface area (Å²) >= 11 is 0. The monoisotopic (exact) mass is 233 g/mol. The third kappa shape index (κ3) is 2.64. The molecule has 0 spiro atoms. The maximum absolute atomic E-state index is 10.9. The van der Waals surface area contributed by atoms with Crippen LogP contribution in [0.5, 0.6) is 0 Å². The average Bonchev–Trinajstić information content (AvgIpc) is 2.39. The largest absolute Gasteiger partial charge is 0.367 e. The first-order valence-electron chi connectivity index (χ1n) is 6.16. The van der Waals surface area contributed by atoms with Crippen molar-refractivity contribution >= 4 is 11.4 Å². The second kappa shape index (κ2) is 5.27. The predicted molar refractivity (Wildman–Crippen MR) is 71.0 cm³/mol. The zero-order chi connectivity index (χ0) is 12.3. The van der Waals surface area contributed by atoms with E-state index in [1.165, 1.54) is 0 Å². The van der Waals surface area contributed by atoms with Crippen molar-refractivity contribution in [3.63, 3.8) is 0 Å². The van der Waals surface area contributed by atoms with E-state index in [1.807, 2.05) is 25.1 Å². The van der Waals surface area contributed by atoms with Crippen LogP contribution in [0.2, 0.25) is 0 Å². The van der Waals surface area contributed by atoms with Crippen molar-refractivity contribution < 1.29 is 0 Å².